The molecule has 1 heterocycles. The van der Waals surface area contributed by atoms with Crippen molar-refractivity contribution < 1.29 is 4.79 Å². The molecular formula is C19H25N3OS. The van der Waals surface area contributed by atoms with Crippen LogP contribution < -0.4 is 5.32 Å². The van der Waals surface area contributed by atoms with Gasteiger partial charge in [-0.15, -0.1) is 0 Å². The summed E-state index contributed by atoms with van der Waals surface area (Å²) in [5, 5.41) is 13.4. The maximum absolute atomic E-state index is 11.8. The Hall–Kier alpha value is -2.19. The number of amides is 1. The van der Waals surface area contributed by atoms with Crippen molar-refractivity contribution in [3.8, 4) is 6.07 Å². The van der Waals surface area contributed by atoms with Crippen molar-refractivity contribution in [3.63, 3.8) is 0 Å². The maximum atomic E-state index is 11.8. The number of hydrogen-bond donors (Lipinski definition) is 1. The monoisotopic (exact) mass is 343 g/mol. The van der Waals surface area contributed by atoms with E-state index < -0.39 is 0 Å². The Kier molecular flexibility index (Phi) is 8.14. The molecule has 1 rings (SSSR count). The summed E-state index contributed by atoms with van der Waals surface area (Å²) in [6.07, 6.45) is 7.74. The Bertz CT molecular complexity index is 635. The Balaban J connectivity index is 2.92. The molecule has 4 nitrogen and oxygen atoms in total. The number of allylic oxidation sites excluding steroid dienone is 4. The molecule has 0 unspecified atom stereocenters. The number of thioether (sulfide) groups is 1. The molecule has 0 spiro atoms. The van der Waals surface area contributed by atoms with Crippen molar-refractivity contribution in [2.75, 3.05) is 18.8 Å². The first-order valence-electron chi connectivity index (χ1n) is 7.95. The lowest BCUT2D eigenvalue weighted by Gasteiger charge is -2.18. The minimum absolute atomic E-state index is 0.0346. The lowest BCUT2D eigenvalue weighted by molar-refractivity contribution is -0.125. The molecule has 0 aromatic rings. The molecule has 1 fully saturated rings. The quantitative estimate of drug-likeness (QED) is 0.539. The summed E-state index contributed by atoms with van der Waals surface area (Å²) >= 11 is 1.39. The standard InChI is InChI=1S/C19H25N3OS/c1-6-8-9-16(10-14(3)4)12-21-15(5)17(11-20)19-22(7-2)18(23)13-24-19/h6,8-10,14,21H,1,5,7,12-13H2,2-4H3/b9-8-,16-10+,19-17-. The van der Waals surface area contributed by atoms with E-state index in [0.29, 0.717) is 41.1 Å². The molecule has 1 aliphatic rings. The first kappa shape index (κ1) is 19.9. The highest BCUT2D eigenvalue weighted by Gasteiger charge is 2.28. The van der Waals surface area contributed by atoms with Crippen LogP contribution in [0.1, 0.15) is 20.8 Å². The molecule has 0 aliphatic carbocycles. The Labute approximate surface area is 149 Å². The summed E-state index contributed by atoms with van der Waals surface area (Å²) in [6, 6.07) is 2.19. The molecule has 0 radical (unpaired) electrons. The molecule has 0 aromatic carbocycles. The van der Waals surface area contributed by atoms with Gasteiger partial charge in [-0.1, -0.05) is 63.1 Å². The fourth-order valence-electron chi connectivity index (χ4n) is 2.26. The van der Waals surface area contributed by atoms with E-state index in [4.69, 9.17) is 0 Å². The van der Waals surface area contributed by atoms with E-state index in [2.05, 4.69) is 44.5 Å². The van der Waals surface area contributed by atoms with Crippen molar-refractivity contribution in [2.45, 2.75) is 20.8 Å². The molecule has 0 saturated carbocycles. The zero-order valence-corrected chi connectivity index (χ0v) is 15.4. The van der Waals surface area contributed by atoms with Gasteiger partial charge in [0.2, 0.25) is 5.91 Å². The molecule has 0 atom stereocenters. The summed E-state index contributed by atoms with van der Waals surface area (Å²) < 4.78 is 0. The van der Waals surface area contributed by atoms with Crippen LogP contribution in [0.15, 0.2) is 59.3 Å². The minimum Gasteiger partial charge on any atom is -0.380 e. The van der Waals surface area contributed by atoms with E-state index in [9.17, 15) is 10.1 Å². The van der Waals surface area contributed by atoms with Gasteiger partial charge in [0.1, 0.15) is 11.6 Å². The number of carbonyl (C=O) groups excluding carboxylic acids is 1. The molecule has 128 valence electrons. The van der Waals surface area contributed by atoms with Crippen molar-refractivity contribution in [1.29, 1.82) is 5.26 Å². The summed E-state index contributed by atoms with van der Waals surface area (Å²) in [4.78, 5) is 13.5. The second-order valence-electron chi connectivity index (χ2n) is 5.63. The van der Waals surface area contributed by atoms with Gasteiger partial charge in [-0.05, 0) is 18.4 Å². The van der Waals surface area contributed by atoms with Crippen LogP contribution in [0.2, 0.25) is 0 Å². The third kappa shape index (κ3) is 5.47. The van der Waals surface area contributed by atoms with Crippen molar-refractivity contribution in [2.24, 2.45) is 5.92 Å². The van der Waals surface area contributed by atoms with Gasteiger partial charge in [0, 0.05) is 18.8 Å². The molecule has 0 bridgehead atoms. The van der Waals surface area contributed by atoms with Gasteiger partial charge in [0.05, 0.1) is 10.8 Å². The van der Waals surface area contributed by atoms with Gasteiger partial charge in [0.15, 0.2) is 0 Å². The van der Waals surface area contributed by atoms with Gasteiger partial charge in [0.25, 0.3) is 0 Å². The topological polar surface area (TPSA) is 56.1 Å². The lowest BCUT2D eigenvalue weighted by Crippen LogP contribution is -2.26. The average molecular weight is 343 g/mol. The number of nitrogens with zero attached hydrogens (tertiary/aromatic N) is 2. The van der Waals surface area contributed by atoms with Crippen LogP contribution in [0.3, 0.4) is 0 Å². The normalized spacial score (nSPS) is 17.4. The summed E-state index contributed by atoms with van der Waals surface area (Å²) in [6.45, 7) is 14.9. The van der Waals surface area contributed by atoms with Crippen molar-refractivity contribution in [3.05, 3.63) is 59.3 Å². The van der Waals surface area contributed by atoms with Crippen molar-refractivity contribution in [1.82, 2.24) is 10.2 Å². The number of rotatable bonds is 8. The Morgan fingerprint density at radius 1 is 1.54 bits per heavy atom. The lowest BCUT2D eigenvalue weighted by atomic mass is 10.1. The third-order valence-corrected chi connectivity index (χ3v) is 4.41. The van der Waals surface area contributed by atoms with Gasteiger partial charge >= 0.3 is 0 Å². The zero-order chi connectivity index (χ0) is 18.1. The molecular weight excluding hydrogens is 318 g/mol. The van der Waals surface area contributed by atoms with Gasteiger partial charge in [-0.3, -0.25) is 4.79 Å². The van der Waals surface area contributed by atoms with E-state index >= 15 is 0 Å². The van der Waals surface area contributed by atoms with E-state index in [1.807, 2.05) is 19.1 Å². The van der Waals surface area contributed by atoms with Crippen LogP contribution in [-0.2, 0) is 4.79 Å². The molecule has 5 heteroatoms. The van der Waals surface area contributed by atoms with Gasteiger partial charge in [-0.2, -0.15) is 5.26 Å². The zero-order valence-electron chi connectivity index (χ0n) is 14.6. The predicted octanol–water partition coefficient (Wildman–Crippen LogP) is 3.74. The number of nitriles is 1. The van der Waals surface area contributed by atoms with Crippen LogP contribution >= 0.6 is 11.8 Å². The Morgan fingerprint density at radius 3 is 2.79 bits per heavy atom. The molecule has 1 saturated heterocycles. The first-order valence-corrected chi connectivity index (χ1v) is 8.93. The molecule has 1 aliphatic heterocycles. The minimum atomic E-state index is 0.0346. The van der Waals surface area contributed by atoms with Crippen molar-refractivity contribution >= 4 is 17.7 Å². The van der Waals surface area contributed by atoms with Crippen LogP contribution in [0.5, 0.6) is 0 Å². The fourth-order valence-corrected chi connectivity index (χ4v) is 3.38. The second kappa shape index (κ2) is 9.84. The predicted molar refractivity (Wildman–Crippen MR) is 102 cm³/mol. The molecule has 24 heavy (non-hydrogen) atoms. The smallest absolute Gasteiger partial charge is 0.237 e. The first-order chi connectivity index (χ1) is 11.4. The maximum Gasteiger partial charge on any atom is 0.237 e. The third-order valence-electron chi connectivity index (χ3n) is 3.32. The van der Waals surface area contributed by atoms with E-state index in [1.54, 1.807) is 11.0 Å². The average Bonchev–Trinajstić information content (AvgIpc) is 2.91. The van der Waals surface area contributed by atoms with E-state index in [-0.39, 0.29) is 5.91 Å². The Morgan fingerprint density at radius 2 is 2.25 bits per heavy atom. The number of nitrogens with one attached hydrogen (secondary N) is 1. The highest BCUT2D eigenvalue weighted by molar-refractivity contribution is 8.04. The van der Waals surface area contributed by atoms with Crippen LogP contribution in [-0.4, -0.2) is 29.6 Å². The van der Waals surface area contributed by atoms with Gasteiger partial charge in [-0.25, -0.2) is 0 Å². The number of carbonyl (C=O) groups is 1. The van der Waals surface area contributed by atoms with E-state index in [0.717, 1.165) is 5.57 Å². The summed E-state index contributed by atoms with van der Waals surface area (Å²) in [7, 11) is 0. The highest BCUT2D eigenvalue weighted by atomic mass is 32.2. The van der Waals surface area contributed by atoms with Crippen LogP contribution in [0, 0.1) is 17.2 Å². The summed E-state index contributed by atoms with van der Waals surface area (Å²) in [5.41, 5.74) is 2.06. The van der Waals surface area contributed by atoms with E-state index in [1.165, 1.54) is 11.8 Å². The number of hydrogen-bond acceptors (Lipinski definition) is 4. The molecule has 0 aromatic heterocycles. The summed E-state index contributed by atoms with van der Waals surface area (Å²) in [5.74, 6) is 0.826. The largest absolute Gasteiger partial charge is 0.380 e. The van der Waals surface area contributed by atoms with Crippen LogP contribution in [0.4, 0.5) is 0 Å². The highest BCUT2D eigenvalue weighted by Crippen LogP contribution is 2.32. The fraction of sp³-hybridized carbons (Fsp3) is 0.368. The molecule has 1 N–H and O–H groups in total. The second-order valence-corrected chi connectivity index (χ2v) is 6.60. The molecule has 1 amide bonds. The SMILES string of the molecule is C=C/C=C\C(=C/C(C)C)CNC(=C)/C(C#N)=C1\SCC(=O)N1CC. The van der Waals surface area contributed by atoms with Crippen LogP contribution in [0.25, 0.3) is 0 Å². The van der Waals surface area contributed by atoms with Gasteiger partial charge < -0.3 is 10.2 Å².